The molecule has 37 heavy (non-hydrogen) atoms. The fourth-order valence-corrected chi connectivity index (χ4v) is 4.31. The molecule has 1 fully saturated rings. The SMILES string of the molecule is COc1ccc(Cn2c(=O)c(NCCN3CCOCC3)nc3ccc(-c4cc(F)cc(F)c4)nc32)cc1. The minimum absolute atomic E-state index is 0.223. The first-order valence-electron chi connectivity index (χ1n) is 12.0. The smallest absolute Gasteiger partial charge is 0.295 e. The molecule has 0 radical (unpaired) electrons. The Bertz CT molecular complexity index is 1430. The Balaban J connectivity index is 1.52. The first kappa shape index (κ1) is 24.8. The second kappa shape index (κ2) is 11.0. The van der Waals surface area contributed by atoms with Gasteiger partial charge in [-0.3, -0.25) is 14.3 Å². The van der Waals surface area contributed by atoms with Crippen LogP contribution >= 0.6 is 0 Å². The molecule has 1 aliphatic rings. The Morgan fingerprint density at radius 3 is 2.43 bits per heavy atom. The lowest BCUT2D eigenvalue weighted by atomic mass is 10.1. The van der Waals surface area contributed by atoms with Gasteiger partial charge in [0, 0.05) is 37.8 Å². The van der Waals surface area contributed by atoms with Gasteiger partial charge in [-0.1, -0.05) is 12.1 Å². The van der Waals surface area contributed by atoms with Crippen LogP contribution in [-0.4, -0.2) is 65.9 Å². The van der Waals surface area contributed by atoms with Crippen molar-refractivity contribution in [3.63, 3.8) is 0 Å². The summed E-state index contributed by atoms with van der Waals surface area (Å²) in [5.41, 5.74) is 1.95. The van der Waals surface area contributed by atoms with Crippen LogP contribution in [0, 0.1) is 11.6 Å². The third-order valence-corrected chi connectivity index (χ3v) is 6.27. The zero-order valence-electron chi connectivity index (χ0n) is 20.4. The van der Waals surface area contributed by atoms with Gasteiger partial charge >= 0.3 is 0 Å². The first-order valence-corrected chi connectivity index (χ1v) is 12.0. The maximum atomic E-state index is 13.9. The number of pyridine rings is 1. The van der Waals surface area contributed by atoms with E-state index in [9.17, 15) is 13.6 Å². The van der Waals surface area contributed by atoms with E-state index in [1.807, 2.05) is 24.3 Å². The molecular weight excluding hydrogens is 480 g/mol. The van der Waals surface area contributed by atoms with Crippen LogP contribution in [0.15, 0.2) is 59.4 Å². The van der Waals surface area contributed by atoms with Crippen LogP contribution in [-0.2, 0) is 11.3 Å². The van der Waals surface area contributed by atoms with Crippen molar-refractivity contribution in [2.75, 3.05) is 51.8 Å². The molecule has 2 aromatic carbocycles. The molecule has 192 valence electrons. The van der Waals surface area contributed by atoms with Gasteiger partial charge in [0.25, 0.3) is 5.56 Å². The number of hydrogen-bond acceptors (Lipinski definition) is 7. The quantitative estimate of drug-likeness (QED) is 0.391. The summed E-state index contributed by atoms with van der Waals surface area (Å²) >= 11 is 0. The van der Waals surface area contributed by atoms with Crippen molar-refractivity contribution in [2.24, 2.45) is 0 Å². The highest BCUT2D eigenvalue weighted by atomic mass is 19.1. The summed E-state index contributed by atoms with van der Waals surface area (Å²) in [4.78, 5) is 25.0. The molecule has 1 saturated heterocycles. The van der Waals surface area contributed by atoms with Crippen molar-refractivity contribution in [1.82, 2.24) is 19.4 Å². The molecule has 0 unspecified atom stereocenters. The molecule has 0 aliphatic carbocycles. The number of ether oxygens (including phenoxy) is 2. The molecule has 1 N–H and O–H groups in total. The van der Waals surface area contributed by atoms with Gasteiger partial charge in [-0.05, 0) is 42.0 Å². The van der Waals surface area contributed by atoms with Crippen molar-refractivity contribution in [3.05, 3.63) is 82.1 Å². The number of anilines is 1. The maximum Gasteiger partial charge on any atom is 0.295 e. The van der Waals surface area contributed by atoms with E-state index >= 15 is 0 Å². The van der Waals surface area contributed by atoms with Gasteiger partial charge in [0.05, 0.1) is 32.6 Å². The van der Waals surface area contributed by atoms with Crippen molar-refractivity contribution in [3.8, 4) is 17.0 Å². The molecule has 5 rings (SSSR count). The summed E-state index contributed by atoms with van der Waals surface area (Å²) < 4.78 is 39.9. The molecule has 0 amide bonds. The number of benzene rings is 2. The number of nitrogens with one attached hydrogen (secondary N) is 1. The summed E-state index contributed by atoms with van der Waals surface area (Å²) in [5.74, 6) is -0.480. The van der Waals surface area contributed by atoms with Crippen molar-refractivity contribution in [2.45, 2.75) is 6.54 Å². The molecule has 2 aromatic heterocycles. The highest BCUT2D eigenvalue weighted by Gasteiger charge is 2.16. The molecule has 1 aliphatic heterocycles. The van der Waals surface area contributed by atoms with E-state index in [0.717, 1.165) is 31.3 Å². The molecule has 0 spiro atoms. The van der Waals surface area contributed by atoms with Crippen LogP contribution < -0.4 is 15.6 Å². The second-order valence-corrected chi connectivity index (χ2v) is 8.78. The molecule has 3 heterocycles. The van der Waals surface area contributed by atoms with Gasteiger partial charge in [-0.2, -0.15) is 0 Å². The van der Waals surface area contributed by atoms with E-state index in [0.29, 0.717) is 42.4 Å². The van der Waals surface area contributed by atoms with E-state index in [4.69, 9.17) is 9.47 Å². The Hall–Kier alpha value is -3.89. The van der Waals surface area contributed by atoms with Gasteiger partial charge in [0.15, 0.2) is 11.5 Å². The summed E-state index contributed by atoms with van der Waals surface area (Å²) in [5, 5.41) is 3.18. The van der Waals surface area contributed by atoms with E-state index in [1.54, 1.807) is 19.2 Å². The monoisotopic (exact) mass is 507 g/mol. The lowest BCUT2D eigenvalue weighted by Crippen LogP contribution is -2.39. The first-order chi connectivity index (χ1) is 18.0. The number of aromatic nitrogens is 3. The molecular formula is C27H27F2N5O3. The Morgan fingerprint density at radius 1 is 1.00 bits per heavy atom. The molecule has 4 aromatic rings. The van der Waals surface area contributed by atoms with Crippen LogP contribution in [0.25, 0.3) is 22.4 Å². The lowest BCUT2D eigenvalue weighted by Gasteiger charge is -2.26. The summed E-state index contributed by atoms with van der Waals surface area (Å²) in [6, 6.07) is 13.9. The van der Waals surface area contributed by atoms with Crippen molar-refractivity contribution in [1.29, 1.82) is 0 Å². The summed E-state index contributed by atoms with van der Waals surface area (Å²) in [6.07, 6.45) is 0. The predicted octanol–water partition coefficient (Wildman–Crippen LogP) is 3.54. The van der Waals surface area contributed by atoms with Crippen LogP contribution in [0.5, 0.6) is 5.75 Å². The number of fused-ring (bicyclic) bond motifs is 1. The fraction of sp³-hybridized carbons (Fsp3) is 0.296. The molecule has 8 nitrogen and oxygen atoms in total. The molecule has 0 bridgehead atoms. The van der Waals surface area contributed by atoms with Gasteiger partial charge in [0.2, 0.25) is 0 Å². The third kappa shape index (κ3) is 5.76. The minimum Gasteiger partial charge on any atom is -0.497 e. The number of morpholine rings is 1. The van der Waals surface area contributed by atoms with Gasteiger partial charge < -0.3 is 14.8 Å². The number of halogens is 2. The number of methoxy groups -OCH3 is 1. The van der Waals surface area contributed by atoms with Crippen LogP contribution in [0.1, 0.15) is 5.56 Å². The number of nitrogens with zero attached hydrogens (tertiary/aromatic N) is 4. The zero-order valence-corrected chi connectivity index (χ0v) is 20.4. The van der Waals surface area contributed by atoms with Gasteiger partial charge in [-0.15, -0.1) is 0 Å². The second-order valence-electron chi connectivity index (χ2n) is 8.78. The third-order valence-electron chi connectivity index (χ3n) is 6.27. The predicted molar refractivity (Wildman–Crippen MR) is 137 cm³/mol. The van der Waals surface area contributed by atoms with E-state index < -0.39 is 11.6 Å². The highest BCUT2D eigenvalue weighted by Crippen LogP contribution is 2.23. The molecule has 0 atom stereocenters. The lowest BCUT2D eigenvalue weighted by molar-refractivity contribution is 0.0398. The van der Waals surface area contributed by atoms with Crippen molar-refractivity contribution < 1.29 is 18.3 Å². The maximum absolute atomic E-state index is 13.9. The van der Waals surface area contributed by atoms with Crippen molar-refractivity contribution >= 4 is 17.0 Å². The Kier molecular flexibility index (Phi) is 7.38. The van der Waals surface area contributed by atoms with Gasteiger partial charge in [-0.25, -0.2) is 18.7 Å². The van der Waals surface area contributed by atoms with E-state index in [2.05, 4.69) is 20.2 Å². The minimum atomic E-state index is -0.703. The summed E-state index contributed by atoms with van der Waals surface area (Å²) in [7, 11) is 1.59. The largest absolute Gasteiger partial charge is 0.497 e. The number of rotatable bonds is 8. The molecule has 10 heteroatoms. The Morgan fingerprint density at radius 2 is 1.73 bits per heavy atom. The topological polar surface area (TPSA) is 81.5 Å². The van der Waals surface area contributed by atoms with Crippen LogP contribution in [0.2, 0.25) is 0 Å². The number of hydrogen-bond donors (Lipinski definition) is 1. The van der Waals surface area contributed by atoms with Crippen LogP contribution in [0.4, 0.5) is 14.6 Å². The van der Waals surface area contributed by atoms with E-state index in [1.165, 1.54) is 16.7 Å². The average Bonchev–Trinajstić information content (AvgIpc) is 2.91. The molecule has 0 saturated carbocycles. The zero-order chi connectivity index (χ0) is 25.8. The normalized spacial score (nSPS) is 14.1. The van der Waals surface area contributed by atoms with Gasteiger partial charge in [0.1, 0.15) is 22.9 Å². The standard InChI is InChI=1S/C27H27F2N5O3/c1-36-22-4-2-18(3-5-22)17-34-26-24(7-6-23(32-26)19-14-20(28)16-21(29)15-19)31-25(27(34)35)30-8-9-33-10-12-37-13-11-33/h2-7,14-16H,8-13,17H2,1H3,(H,30,31). The Labute approximate surface area is 212 Å². The van der Waals surface area contributed by atoms with Crippen LogP contribution in [0.3, 0.4) is 0 Å². The van der Waals surface area contributed by atoms with E-state index in [-0.39, 0.29) is 23.5 Å². The highest BCUT2D eigenvalue weighted by molar-refractivity contribution is 5.76. The average molecular weight is 508 g/mol. The summed E-state index contributed by atoms with van der Waals surface area (Å²) in [6.45, 7) is 4.63. The fourth-order valence-electron chi connectivity index (χ4n) is 4.31.